The van der Waals surface area contributed by atoms with Crippen LogP contribution in [0.3, 0.4) is 0 Å². The number of hydrogen-bond acceptors (Lipinski definition) is 7. The largest absolute Gasteiger partial charge is 0.493 e. The van der Waals surface area contributed by atoms with Crippen LogP contribution in [0.15, 0.2) is 24.5 Å². The Bertz CT molecular complexity index is 859. The standard InChI is InChI=1S/C14H17N3O6S/c1-4-22-12-9-13(23-5-2)11(17(18)19)8-10(12)14-15-6-7-16(14)24(3,20)21/h6-9H,4-5H2,1-3H3. The van der Waals surface area contributed by atoms with Gasteiger partial charge in [-0.3, -0.25) is 10.1 Å². The summed E-state index contributed by atoms with van der Waals surface area (Å²) in [5.41, 5.74) is -0.0965. The van der Waals surface area contributed by atoms with E-state index in [0.717, 1.165) is 10.2 Å². The van der Waals surface area contributed by atoms with Crippen molar-refractivity contribution in [1.82, 2.24) is 8.96 Å². The highest BCUT2D eigenvalue weighted by Crippen LogP contribution is 2.39. The minimum absolute atomic E-state index is 0.0344. The summed E-state index contributed by atoms with van der Waals surface area (Å²) in [5.74, 6) is 0.335. The van der Waals surface area contributed by atoms with Crippen molar-refractivity contribution >= 4 is 15.7 Å². The van der Waals surface area contributed by atoms with E-state index in [1.165, 1.54) is 24.5 Å². The first kappa shape index (κ1) is 17.7. The maximum atomic E-state index is 11.9. The van der Waals surface area contributed by atoms with Crippen LogP contribution < -0.4 is 9.47 Å². The molecule has 0 N–H and O–H groups in total. The van der Waals surface area contributed by atoms with Gasteiger partial charge in [-0.2, -0.15) is 0 Å². The number of rotatable bonds is 7. The summed E-state index contributed by atoms with van der Waals surface area (Å²) in [4.78, 5) is 14.7. The molecule has 130 valence electrons. The fourth-order valence-electron chi connectivity index (χ4n) is 2.16. The van der Waals surface area contributed by atoms with Gasteiger partial charge in [0, 0.05) is 24.5 Å². The maximum Gasteiger partial charge on any atom is 0.311 e. The molecule has 1 aromatic carbocycles. The normalized spacial score (nSPS) is 11.3. The van der Waals surface area contributed by atoms with Gasteiger partial charge in [0.2, 0.25) is 15.8 Å². The average Bonchev–Trinajstić information content (AvgIpc) is 2.97. The number of benzene rings is 1. The predicted octanol–water partition coefficient (Wildman–Crippen LogP) is 2.06. The second-order valence-corrected chi connectivity index (χ2v) is 6.61. The van der Waals surface area contributed by atoms with Crippen LogP contribution in [0, 0.1) is 10.1 Å². The molecule has 0 aliphatic carbocycles. The number of imidazole rings is 1. The summed E-state index contributed by atoms with van der Waals surface area (Å²) in [7, 11) is -3.63. The third kappa shape index (κ3) is 3.48. The van der Waals surface area contributed by atoms with Gasteiger partial charge in [-0.05, 0) is 13.8 Å². The molecule has 0 saturated carbocycles. The van der Waals surface area contributed by atoms with E-state index in [0.29, 0.717) is 0 Å². The number of nitro benzene ring substituents is 1. The monoisotopic (exact) mass is 355 g/mol. The van der Waals surface area contributed by atoms with E-state index < -0.39 is 14.9 Å². The molecule has 0 radical (unpaired) electrons. The Labute approximate surface area is 139 Å². The second kappa shape index (κ2) is 6.87. The summed E-state index contributed by atoms with van der Waals surface area (Å²) >= 11 is 0. The van der Waals surface area contributed by atoms with Crippen LogP contribution >= 0.6 is 0 Å². The molecule has 0 saturated heterocycles. The molecule has 1 aromatic heterocycles. The van der Waals surface area contributed by atoms with E-state index >= 15 is 0 Å². The Morgan fingerprint density at radius 3 is 2.38 bits per heavy atom. The van der Waals surface area contributed by atoms with Crippen LogP contribution in [0.2, 0.25) is 0 Å². The lowest BCUT2D eigenvalue weighted by Crippen LogP contribution is -2.11. The van der Waals surface area contributed by atoms with Crippen LogP contribution in [0.25, 0.3) is 11.4 Å². The molecule has 24 heavy (non-hydrogen) atoms. The third-order valence-electron chi connectivity index (χ3n) is 3.06. The quantitative estimate of drug-likeness (QED) is 0.551. The average molecular weight is 355 g/mol. The van der Waals surface area contributed by atoms with E-state index in [1.807, 2.05) is 0 Å². The van der Waals surface area contributed by atoms with E-state index in [2.05, 4.69) is 4.98 Å². The van der Waals surface area contributed by atoms with Crippen molar-refractivity contribution in [1.29, 1.82) is 0 Å². The number of hydrogen-bond donors (Lipinski definition) is 0. The lowest BCUT2D eigenvalue weighted by Gasteiger charge is -2.13. The molecule has 0 aliphatic heterocycles. The second-order valence-electron chi connectivity index (χ2n) is 4.75. The van der Waals surface area contributed by atoms with Crippen molar-refractivity contribution in [3.05, 3.63) is 34.6 Å². The summed E-state index contributed by atoms with van der Waals surface area (Å²) in [5, 5.41) is 11.3. The van der Waals surface area contributed by atoms with Crippen LogP contribution in [0.5, 0.6) is 11.5 Å². The van der Waals surface area contributed by atoms with E-state index in [4.69, 9.17) is 9.47 Å². The summed E-state index contributed by atoms with van der Waals surface area (Å²) < 4.78 is 35.5. The molecule has 9 nitrogen and oxygen atoms in total. The highest BCUT2D eigenvalue weighted by molar-refractivity contribution is 7.89. The number of ether oxygens (including phenoxy) is 2. The van der Waals surface area contributed by atoms with Crippen molar-refractivity contribution in [3.63, 3.8) is 0 Å². The zero-order chi connectivity index (χ0) is 17.9. The molecular formula is C14H17N3O6S. The number of nitrogens with zero attached hydrogens (tertiary/aromatic N) is 3. The van der Waals surface area contributed by atoms with Crippen molar-refractivity contribution in [2.45, 2.75) is 13.8 Å². The van der Waals surface area contributed by atoms with Crippen LogP contribution in [0.1, 0.15) is 13.8 Å². The van der Waals surface area contributed by atoms with Crippen LogP contribution in [0.4, 0.5) is 5.69 Å². The van der Waals surface area contributed by atoms with Gasteiger partial charge in [0.25, 0.3) is 0 Å². The number of aromatic nitrogens is 2. The van der Waals surface area contributed by atoms with Crippen molar-refractivity contribution in [2.24, 2.45) is 0 Å². The highest BCUT2D eigenvalue weighted by atomic mass is 32.2. The molecule has 0 amide bonds. The molecule has 0 unspecified atom stereocenters. The minimum Gasteiger partial charge on any atom is -0.493 e. The fourth-order valence-corrected chi connectivity index (χ4v) is 2.90. The summed E-state index contributed by atoms with van der Waals surface area (Å²) in [6.07, 6.45) is 3.58. The van der Waals surface area contributed by atoms with Crippen molar-refractivity contribution in [2.75, 3.05) is 19.5 Å². The molecular weight excluding hydrogens is 338 g/mol. The van der Waals surface area contributed by atoms with Crippen LogP contribution in [-0.2, 0) is 10.0 Å². The minimum atomic E-state index is -3.63. The molecule has 0 spiro atoms. The van der Waals surface area contributed by atoms with E-state index in [9.17, 15) is 18.5 Å². The molecule has 2 rings (SSSR count). The van der Waals surface area contributed by atoms with Gasteiger partial charge in [0.15, 0.2) is 5.82 Å². The zero-order valence-electron chi connectivity index (χ0n) is 13.4. The Morgan fingerprint density at radius 2 is 1.83 bits per heavy atom. The Morgan fingerprint density at radius 1 is 1.21 bits per heavy atom. The molecule has 10 heteroatoms. The Balaban J connectivity index is 2.75. The SMILES string of the molecule is CCOc1cc(OCC)c([N+](=O)[O-])cc1-c1nccn1S(C)(=O)=O. The smallest absolute Gasteiger partial charge is 0.311 e. The first-order valence-electron chi connectivity index (χ1n) is 7.11. The van der Waals surface area contributed by atoms with Gasteiger partial charge in [0.05, 0.1) is 30.0 Å². The predicted molar refractivity (Wildman–Crippen MR) is 86.9 cm³/mol. The van der Waals surface area contributed by atoms with Gasteiger partial charge >= 0.3 is 5.69 Å². The van der Waals surface area contributed by atoms with Gasteiger partial charge in [-0.1, -0.05) is 0 Å². The lowest BCUT2D eigenvalue weighted by molar-refractivity contribution is -0.385. The Hall–Kier alpha value is -2.62. The highest BCUT2D eigenvalue weighted by Gasteiger charge is 2.25. The summed E-state index contributed by atoms with van der Waals surface area (Å²) in [6, 6.07) is 2.59. The molecule has 0 bridgehead atoms. The maximum absolute atomic E-state index is 11.9. The Kier molecular flexibility index (Phi) is 5.07. The third-order valence-corrected chi connectivity index (χ3v) is 4.07. The fraction of sp³-hybridized carbons (Fsp3) is 0.357. The molecule has 1 heterocycles. The molecule has 2 aromatic rings. The first-order valence-corrected chi connectivity index (χ1v) is 8.96. The summed E-state index contributed by atoms with van der Waals surface area (Å²) in [6.45, 7) is 3.97. The van der Waals surface area contributed by atoms with Gasteiger partial charge in [0.1, 0.15) is 5.75 Å². The molecule has 0 fully saturated rings. The topological polar surface area (TPSA) is 114 Å². The van der Waals surface area contributed by atoms with Crippen molar-refractivity contribution in [3.8, 4) is 22.9 Å². The number of nitro groups is 1. The lowest BCUT2D eigenvalue weighted by atomic mass is 10.1. The van der Waals surface area contributed by atoms with Crippen LogP contribution in [-0.4, -0.2) is 41.8 Å². The van der Waals surface area contributed by atoms with E-state index in [1.54, 1.807) is 13.8 Å². The molecule has 0 atom stereocenters. The van der Waals surface area contributed by atoms with Gasteiger partial charge < -0.3 is 9.47 Å². The first-order chi connectivity index (χ1) is 11.3. The van der Waals surface area contributed by atoms with Gasteiger partial charge in [-0.25, -0.2) is 17.4 Å². The van der Waals surface area contributed by atoms with Gasteiger partial charge in [-0.15, -0.1) is 0 Å². The van der Waals surface area contributed by atoms with Crippen molar-refractivity contribution < 1.29 is 22.8 Å². The van der Waals surface area contributed by atoms with E-state index in [-0.39, 0.29) is 41.8 Å². The zero-order valence-corrected chi connectivity index (χ0v) is 14.2. The molecule has 0 aliphatic rings.